The summed E-state index contributed by atoms with van der Waals surface area (Å²) in [5, 5.41) is 0. The van der Waals surface area contributed by atoms with Gasteiger partial charge in [-0.1, -0.05) is 0 Å². The number of hydrogen-bond acceptors (Lipinski definition) is 5. The van der Waals surface area contributed by atoms with Crippen LogP contribution in [0.5, 0.6) is 11.5 Å². The van der Waals surface area contributed by atoms with Crippen molar-refractivity contribution in [1.29, 1.82) is 0 Å². The van der Waals surface area contributed by atoms with Crippen LogP contribution >= 0.6 is 0 Å². The highest BCUT2D eigenvalue weighted by Crippen LogP contribution is 2.33. The standard InChI is InChI=1S/C13H14O5/c1-16-10-3-8(4-11(7-10)17-2)9-5-12(14)18-13(15)6-9/h3-4,7,9H,5-6H2,1-2H3. The Hall–Kier alpha value is -2.04. The minimum absolute atomic E-state index is 0.178. The first-order valence-corrected chi connectivity index (χ1v) is 5.59. The van der Waals surface area contributed by atoms with Gasteiger partial charge in [0, 0.05) is 12.0 Å². The second-order valence-electron chi connectivity index (χ2n) is 4.10. The zero-order valence-corrected chi connectivity index (χ0v) is 10.3. The van der Waals surface area contributed by atoms with Crippen LogP contribution in [0.2, 0.25) is 0 Å². The minimum Gasteiger partial charge on any atom is -0.497 e. The lowest BCUT2D eigenvalue weighted by atomic mass is 9.91. The highest BCUT2D eigenvalue weighted by atomic mass is 16.6. The van der Waals surface area contributed by atoms with Crippen LogP contribution in [0.3, 0.4) is 0 Å². The molecule has 0 bridgehead atoms. The van der Waals surface area contributed by atoms with E-state index in [1.54, 1.807) is 32.4 Å². The quantitative estimate of drug-likeness (QED) is 0.603. The number of carbonyl (C=O) groups excluding carboxylic acids is 2. The Kier molecular flexibility index (Phi) is 3.50. The van der Waals surface area contributed by atoms with E-state index in [0.717, 1.165) is 5.56 Å². The maximum absolute atomic E-state index is 11.3. The van der Waals surface area contributed by atoms with Crippen molar-refractivity contribution in [2.24, 2.45) is 0 Å². The van der Waals surface area contributed by atoms with Gasteiger partial charge in [-0.25, -0.2) is 0 Å². The van der Waals surface area contributed by atoms with Gasteiger partial charge in [0.05, 0.1) is 27.1 Å². The van der Waals surface area contributed by atoms with Crippen molar-refractivity contribution in [2.45, 2.75) is 18.8 Å². The van der Waals surface area contributed by atoms with E-state index in [0.29, 0.717) is 11.5 Å². The molecule has 0 atom stereocenters. The molecule has 0 saturated carbocycles. The SMILES string of the molecule is COc1cc(OC)cc(C2CC(=O)OC(=O)C2)c1. The largest absolute Gasteiger partial charge is 0.497 e. The first-order chi connectivity index (χ1) is 8.62. The van der Waals surface area contributed by atoms with Crippen LogP contribution in [-0.2, 0) is 14.3 Å². The highest BCUT2D eigenvalue weighted by Gasteiger charge is 2.28. The van der Waals surface area contributed by atoms with Crippen molar-refractivity contribution in [3.63, 3.8) is 0 Å². The monoisotopic (exact) mass is 250 g/mol. The summed E-state index contributed by atoms with van der Waals surface area (Å²) in [4.78, 5) is 22.5. The summed E-state index contributed by atoms with van der Waals surface area (Å²) < 4.78 is 14.8. The van der Waals surface area contributed by atoms with Crippen molar-refractivity contribution >= 4 is 11.9 Å². The maximum Gasteiger partial charge on any atom is 0.314 e. The Bertz CT molecular complexity index is 442. The first-order valence-electron chi connectivity index (χ1n) is 5.59. The predicted octanol–water partition coefficient (Wildman–Crippen LogP) is 1.65. The molecule has 0 amide bonds. The molecule has 0 unspecified atom stereocenters. The predicted molar refractivity (Wildman–Crippen MR) is 62.6 cm³/mol. The molecule has 96 valence electrons. The van der Waals surface area contributed by atoms with E-state index in [4.69, 9.17) is 9.47 Å². The van der Waals surface area contributed by atoms with E-state index in [9.17, 15) is 9.59 Å². The third kappa shape index (κ3) is 2.61. The Morgan fingerprint density at radius 3 is 1.94 bits per heavy atom. The van der Waals surface area contributed by atoms with E-state index >= 15 is 0 Å². The number of carbonyl (C=O) groups is 2. The van der Waals surface area contributed by atoms with Crippen LogP contribution in [0, 0.1) is 0 Å². The van der Waals surface area contributed by atoms with Crippen molar-refractivity contribution < 1.29 is 23.8 Å². The van der Waals surface area contributed by atoms with Gasteiger partial charge in [-0.3, -0.25) is 9.59 Å². The summed E-state index contributed by atoms with van der Waals surface area (Å²) in [7, 11) is 3.11. The number of esters is 2. The molecule has 1 aliphatic rings. The van der Waals surface area contributed by atoms with Crippen LogP contribution in [0.1, 0.15) is 24.3 Å². The van der Waals surface area contributed by atoms with Crippen molar-refractivity contribution in [2.75, 3.05) is 14.2 Å². The molecule has 2 rings (SSSR count). The number of rotatable bonds is 3. The van der Waals surface area contributed by atoms with Gasteiger partial charge in [0.15, 0.2) is 0 Å². The number of methoxy groups -OCH3 is 2. The normalized spacial score (nSPS) is 16.3. The summed E-state index contributed by atoms with van der Waals surface area (Å²) in [6, 6.07) is 5.35. The van der Waals surface area contributed by atoms with Gasteiger partial charge in [0.2, 0.25) is 0 Å². The smallest absolute Gasteiger partial charge is 0.314 e. The van der Waals surface area contributed by atoms with Crippen LogP contribution in [0.25, 0.3) is 0 Å². The third-order valence-corrected chi connectivity index (χ3v) is 2.90. The zero-order valence-electron chi connectivity index (χ0n) is 10.3. The van der Waals surface area contributed by atoms with Gasteiger partial charge in [-0.15, -0.1) is 0 Å². The second kappa shape index (κ2) is 5.08. The van der Waals surface area contributed by atoms with Gasteiger partial charge in [0.1, 0.15) is 11.5 Å². The molecule has 0 spiro atoms. The van der Waals surface area contributed by atoms with E-state index in [1.807, 2.05) is 0 Å². The molecule has 1 saturated heterocycles. The summed E-state index contributed by atoms with van der Waals surface area (Å²) in [5.41, 5.74) is 0.844. The lowest BCUT2D eigenvalue weighted by Gasteiger charge is -2.21. The van der Waals surface area contributed by atoms with Crippen molar-refractivity contribution in [1.82, 2.24) is 0 Å². The van der Waals surface area contributed by atoms with Crippen LogP contribution < -0.4 is 9.47 Å². The van der Waals surface area contributed by atoms with Crippen LogP contribution in [0.4, 0.5) is 0 Å². The molecule has 1 aromatic carbocycles. The molecule has 1 aliphatic heterocycles. The van der Waals surface area contributed by atoms with E-state index in [-0.39, 0.29) is 18.8 Å². The fourth-order valence-corrected chi connectivity index (χ4v) is 1.99. The summed E-state index contributed by atoms with van der Waals surface area (Å²) in [6.07, 6.45) is 0.393. The Morgan fingerprint density at radius 2 is 1.50 bits per heavy atom. The lowest BCUT2D eigenvalue weighted by Crippen LogP contribution is -2.24. The number of cyclic esters (lactones) is 2. The fraction of sp³-hybridized carbons (Fsp3) is 0.385. The lowest BCUT2D eigenvalue weighted by molar-refractivity contribution is -0.163. The molecule has 1 fully saturated rings. The first kappa shape index (κ1) is 12.4. The van der Waals surface area contributed by atoms with Crippen molar-refractivity contribution in [3.8, 4) is 11.5 Å². The molecule has 0 radical (unpaired) electrons. The summed E-state index contributed by atoms with van der Waals surface area (Å²) in [5.74, 6) is 0.116. The topological polar surface area (TPSA) is 61.8 Å². The molecular formula is C13H14O5. The molecule has 5 heteroatoms. The van der Waals surface area contributed by atoms with E-state index in [1.165, 1.54) is 0 Å². The molecule has 0 aliphatic carbocycles. The molecule has 18 heavy (non-hydrogen) atoms. The van der Waals surface area contributed by atoms with Crippen molar-refractivity contribution in [3.05, 3.63) is 23.8 Å². The summed E-state index contributed by atoms with van der Waals surface area (Å²) >= 11 is 0. The summed E-state index contributed by atoms with van der Waals surface area (Å²) in [6.45, 7) is 0. The Morgan fingerprint density at radius 1 is 1.00 bits per heavy atom. The zero-order chi connectivity index (χ0) is 13.1. The molecule has 1 aromatic rings. The van der Waals surface area contributed by atoms with Gasteiger partial charge in [-0.2, -0.15) is 0 Å². The molecular weight excluding hydrogens is 236 g/mol. The highest BCUT2D eigenvalue weighted by molar-refractivity contribution is 5.89. The molecule has 1 heterocycles. The number of hydrogen-bond donors (Lipinski definition) is 0. The van der Waals surface area contributed by atoms with E-state index in [2.05, 4.69) is 4.74 Å². The van der Waals surface area contributed by atoms with Gasteiger partial charge in [-0.05, 0) is 17.7 Å². The van der Waals surface area contributed by atoms with Crippen LogP contribution in [-0.4, -0.2) is 26.2 Å². The van der Waals surface area contributed by atoms with Gasteiger partial charge >= 0.3 is 11.9 Å². The van der Waals surface area contributed by atoms with E-state index < -0.39 is 11.9 Å². The second-order valence-corrected chi connectivity index (χ2v) is 4.10. The average Bonchev–Trinajstić information content (AvgIpc) is 2.37. The van der Waals surface area contributed by atoms with Crippen LogP contribution in [0.15, 0.2) is 18.2 Å². The van der Waals surface area contributed by atoms with Gasteiger partial charge < -0.3 is 14.2 Å². The Labute approximate surface area is 105 Å². The third-order valence-electron chi connectivity index (χ3n) is 2.90. The fourth-order valence-electron chi connectivity index (χ4n) is 1.99. The minimum atomic E-state index is -0.488. The maximum atomic E-state index is 11.3. The molecule has 5 nitrogen and oxygen atoms in total. The number of ether oxygens (including phenoxy) is 3. The Balaban J connectivity index is 2.31. The van der Waals surface area contributed by atoms with Gasteiger partial charge in [0.25, 0.3) is 0 Å². The molecule has 0 aromatic heterocycles. The average molecular weight is 250 g/mol. The molecule has 0 N–H and O–H groups in total. The number of benzene rings is 1.